The van der Waals surface area contributed by atoms with Crippen molar-refractivity contribution in [3.63, 3.8) is 0 Å². The lowest BCUT2D eigenvalue weighted by Gasteiger charge is -2.07. The minimum absolute atomic E-state index is 0.0323. The van der Waals surface area contributed by atoms with E-state index < -0.39 is 0 Å². The third kappa shape index (κ3) is 1.36. The average molecular weight is 203 g/mol. The van der Waals surface area contributed by atoms with Gasteiger partial charge in [-0.1, -0.05) is 0 Å². The van der Waals surface area contributed by atoms with Gasteiger partial charge in [0, 0.05) is 5.69 Å². The molecule has 3 N–H and O–H groups in total. The lowest BCUT2D eigenvalue weighted by Crippen LogP contribution is -2.15. The highest BCUT2D eigenvalue weighted by atomic mass is 15.3. The number of nitrogen functional groups attached to an aromatic ring is 1. The summed E-state index contributed by atoms with van der Waals surface area (Å²) < 4.78 is 1.72. The van der Waals surface area contributed by atoms with Gasteiger partial charge in [0.15, 0.2) is 5.65 Å². The van der Waals surface area contributed by atoms with Crippen molar-refractivity contribution in [3.8, 4) is 0 Å². The van der Waals surface area contributed by atoms with E-state index in [0.717, 1.165) is 11.3 Å². The fourth-order valence-electron chi connectivity index (χ4n) is 1.78. The highest BCUT2D eigenvalue weighted by Crippen LogP contribution is 2.16. The van der Waals surface area contributed by atoms with Gasteiger partial charge in [0.2, 0.25) is 0 Å². The van der Waals surface area contributed by atoms with Crippen LogP contribution in [0.2, 0.25) is 0 Å². The molecule has 0 saturated heterocycles. The standard InChI is InChI=1S/C10H13N5/c1-5-4-6(2)15-10(8(5)9(11)12)13-7(3)14-15/h4H,1-3H3,(H3,11,12). The highest BCUT2D eigenvalue weighted by Gasteiger charge is 2.13. The molecule has 0 unspecified atom stereocenters. The number of nitrogens with two attached hydrogens (primary N) is 1. The van der Waals surface area contributed by atoms with Crippen LogP contribution in [0.15, 0.2) is 6.07 Å². The molecule has 2 aromatic heterocycles. The summed E-state index contributed by atoms with van der Waals surface area (Å²) >= 11 is 0. The highest BCUT2D eigenvalue weighted by molar-refractivity contribution is 6.01. The monoisotopic (exact) mass is 203 g/mol. The molecule has 5 nitrogen and oxygen atoms in total. The first-order chi connectivity index (χ1) is 7.00. The lowest BCUT2D eigenvalue weighted by atomic mass is 10.1. The molecule has 0 aliphatic carbocycles. The van der Waals surface area contributed by atoms with Crippen molar-refractivity contribution in [2.45, 2.75) is 20.8 Å². The zero-order valence-electron chi connectivity index (χ0n) is 9.00. The third-order valence-corrected chi connectivity index (χ3v) is 2.36. The van der Waals surface area contributed by atoms with Crippen LogP contribution in [-0.2, 0) is 0 Å². The molecule has 15 heavy (non-hydrogen) atoms. The van der Waals surface area contributed by atoms with Crippen molar-refractivity contribution >= 4 is 11.5 Å². The number of aromatic nitrogens is 3. The molecule has 0 atom stereocenters. The maximum Gasteiger partial charge on any atom is 0.167 e. The van der Waals surface area contributed by atoms with E-state index in [4.69, 9.17) is 11.1 Å². The number of rotatable bonds is 1. The van der Waals surface area contributed by atoms with Crippen molar-refractivity contribution in [3.05, 3.63) is 28.7 Å². The molecular weight excluding hydrogens is 190 g/mol. The van der Waals surface area contributed by atoms with E-state index in [0.29, 0.717) is 17.0 Å². The summed E-state index contributed by atoms with van der Waals surface area (Å²) in [5.41, 5.74) is 8.83. The Hall–Kier alpha value is -1.91. The fraction of sp³-hybridized carbons (Fsp3) is 0.300. The zero-order chi connectivity index (χ0) is 11.2. The van der Waals surface area contributed by atoms with Crippen LogP contribution in [0.4, 0.5) is 0 Å². The van der Waals surface area contributed by atoms with Gasteiger partial charge in [-0.05, 0) is 32.4 Å². The topological polar surface area (TPSA) is 80.1 Å². The zero-order valence-corrected chi connectivity index (χ0v) is 9.00. The number of pyridine rings is 1. The van der Waals surface area contributed by atoms with Crippen molar-refractivity contribution < 1.29 is 0 Å². The maximum absolute atomic E-state index is 7.53. The first kappa shape index (κ1) is 9.64. The van der Waals surface area contributed by atoms with Crippen molar-refractivity contribution in [2.75, 3.05) is 0 Å². The summed E-state index contributed by atoms with van der Waals surface area (Å²) in [6, 6.07) is 1.96. The van der Waals surface area contributed by atoms with E-state index >= 15 is 0 Å². The molecule has 0 spiro atoms. The van der Waals surface area contributed by atoms with Crippen LogP contribution < -0.4 is 5.73 Å². The second-order valence-corrected chi connectivity index (χ2v) is 3.65. The molecular formula is C10H13N5. The second-order valence-electron chi connectivity index (χ2n) is 3.65. The Kier molecular flexibility index (Phi) is 1.96. The molecule has 5 heteroatoms. The molecule has 0 aliphatic heterocycles. The normalized spacial score (nSPS) is 10.9. The van der Waals surface area contributed by atoms with E-state index in [1.54, 1.807) is 4.52 Å². The minimum atomic E-state index is 0.0323. The van der Waals surface area contributed by atoms with Crippen molar-refractivity contribution in [1.82, 2.24) is 14.6 Å². The van der Waals surface area contributed by atoms with Crippen LogP contribution in [0.25, 0.3) is 5.65 Å². The predicted molar refractivity (Wildman–Crippen MR) is 58.2 cm³/mol. The Labute approximate surface area is 87.4 Å². The van der Waals surface area contributed by atoms with Gasteiger partial charge in [-0.15, -0.1) is 0 Å². The average Bonchev–Trinajstić information content (AvgIpc) is 2.45. The van der Waals surface area contributed by atoms with Crippen LogP contribution in [0.3, 0.4) is 0 Å². The Morgan fingerprint density at radius 3 is 2.67 bits per heavy atom. The number of aryl methyl sites for hydroxylation is 3. The Morgan fingerprint density at radius 2 is 2.07 bits per heavy atom. The molecule has 2 heterocycles. The van der Waals surface area contributed by atoms with E-state index in [1.165, 1.54) is 0 Å². The first-order valence-electron chi connectivity index (χ1n) is 4.68. The van der Waals surface area contributed by atoms with Gasteiger partial charge in [-0.25, -0.2) is 9.50 Å². The van der Waals surface area contributed by atoms with Crippen molar-refractivity contribution in [2.24, 2.45) is 5.73 Å². The Morgan fingerprint density at radius 1 is 1.40 bits per heavy atom. The predicted octanol–water partition coefficient (Wildman–Crippen LogP) is 0.939. The van der Waals surface area contributed by atoms with Gasteiger partial charge in [-0.3, -0.25) is 5.41 Å². The molecule has 0 amide bonds. The van der Waals surface area contributed by atoms with Crippen LogP contribution in [0.5, 0.6) is 0 Å². The molecule has 78 valence electrons. The lowest BCUT2D eigenvalue weighted by molar-refractivity contribution is 0.888. The summed E-state index contributed by atoms with van der Waals surface area (Å²) in [5, 5.41) is 11.8. The van der Waals surface area contributed by atoms with Crippen LogP contribution in [0, 0.1) is 26.2 Å². The van der Waals surface area contributed by atoms with E-state index in [1.807, 2.05) is 26.8 Å². The largest absolute Gasteiger partial charge is 0.384 e. The molecule has 0 bridgehead atoms. The van der Waals surface area contributed by atoms with Crippen molar-refractivity contribution in [1.29, 1.82) is 5.41 Å². The molecule has 0 aromatic carbocycles. The smallest absolute Gasteiger partial charge is 0.167 e. The summed E-state index contributed by atoms with van der Waals surface area (Å²) in [4.78, 5) is 4.29. The molecule has 0 radical (unpaired) electrons. The number of hydrogen-bond acceptors (Lipinski definition) is 3. The van der Waals surface area contributed by atoms with E-state index in [9.17, 15) is 0 Å². The second kappa shape index (κ2) is 3.05. The van der Waals surface area contributed by atoms with Crippen LogP contribution in [-0.4, -0.2) is 20.4 Å². The summed E-state index contributed by atoms with van der Waals surface area (Å²) in [7, 11) is 0. The number of hydrogen-bond donors (Lipinski definition) is 2. The molecule has 2 aromatic rings. The first-order valence-corrected chi connectivity index (χ1v) is 4.68. The van der Waals surface area contributed by atoms with E-state index in [2.05, 4.69) is 10.1 Å². The van der Waals surface area contributed by atoms with Gasteiger partial charge in [0.25, 0.3) is 0 Å². The molecule has 0 fully saturated rings. The van der Waals surface area contributed by atoms with Gasteiger partial charge in [-0.2, -0.15) is 5.10 Å². The summed E-state index contributed by atoms with van der Waals surface area (Å²) in [5.74, 6) is 0.719. The number of nitrogens with zero attached hydrogens (tertiary/aromatic N) is 3. The Balaban J connectivity index is 2.95. The Bertz CT molecular complexity index is 552. The third-order valence-electron chi connectivity index (χ3n) is 2.36. The van der Waals surface area contributed by atoms with Crippen LogP contribution >= 0.6 is 0 Å². The van der Waals surface area contributed by atoms with E-state index in [-0.39, 0.29) is 5.84 Å². The maximum atomic E-state index is 7.53. The number of fused-ring (bicyclic) bond motifs is 1. The molecule has 0 saturated carbocycles. The van der Waals surface area contributed by atoms with Crippen LogP contribution in [0.1, 0.15) is 22.6 Å². The van der Waals surface area contributed by atoms with Gasteiger partial charge in [0.05, 0.1) is 5.56 Å². The SMILES string of the molecule is Cc1nc2c(C(=N)N)c(C)cc(C)n2n1. The van der Waals surface area contributed by atoms with Gasteiger partial charge < -0.3 is 5.73 Å². The number of nitrogens with one attached hydrogen (secondary N) is 1. The summed E-state index contributed by atoms with van der Waals surface area (Å²) in [6.45, 7) is 5.71. The molecule has 2 rings (SSSR count). The number of amidine groups is 1. The quantitative estimate of drug-likeness (QED) is 0.534. The fourth-order valence-corrected chi connectivity index (χ4v) is 1.78. The minimum Gasteiger partial charge on any atom is -0.384 e. The van der Waals surface area contributed by atoms with Gasteiger partial charge in [0.1, 0.15) is 11.7 Å². The summed E-state index contributed by atoms with van der Waals surface area (Å²) in [6.07, 6.45) is 0. The van der Waals surface area contributed by atoms with Gasteiger partial charge >= 0.3 is 0 Å². The molecule has 0 aliphatic rings.